The van der Waals surface area contributed by atoms with Crippen LogP contribution < -0.4 is 5.32 Å². The molecule has 0 aliphatic rings. The molecule has 0 spiro atoms. The number of nitrogens with one attached hydrogen (secondary N) is 1. The lowest BCUT2D eigenvalue weighted by atomic mass is 10.2. The standard InChI is InChI=1S/C16H20N6/c1-12(2)21-16(18-11-20-21)10-17-14-6-4-5-7-15(14)22-13(3)8-9-19-22/h4-9,11-12,17H,10H2,1-3H3. The molecule has 1 N–H and O–H groups in total. The molecular weight excluding hydrogens is 276 g/mol. The molecule has 3 rings (SSSR count). The summed E-state index contributed by atoms with van der Waals surface area (Å²) >= 11 is 0. The Morgan fingerprint density at radius 2 is 1.95 bits per heavy atom. The van der Waals surface area contributed by atoms with E-state index in [1.54, 1.807) is 6.33 Å². The van der Waals surface area contributed by atoms with Gasteiger partial charge >= 0.3 is 0 Å². The second-order valence-electron chi connectivity index (χ2n) is 5.47. The Morgan fingerprint density at radius 1 is 1.14 bits per heavy atom. The maximum absolute atomic E-state index is 4.38. The number of hydrogen-bond acceptors (Lipinski definition) is 4. The summed E-state index contributed by atoms with van der Waals surface area (Å²) in [6, 6.07) is 10.4. The fraction of sp³-hybridized carbons (Fsp3) is 0.312. The summed E-state index contributed by atoms with van der Waals surface area (Å²) in [6.07, 6.45) is 3.40. The summed E-state index contributed by atoms with van der Waals surface area (Å²) in [5.41, 5.74) is 3.15. The van der Waals surface area contributed by atoms with Crippen LogP contribution in [0.3, 0.4) is 0 Å². The third-order valence-corrected chi connectivity index (χ3v) is 3.54. The zero-order valence-electron chi connectivity index (χ0n) is 13.1. The van der Waals surface area contributed by atoms with E-state index >= 15 is 0 Å². The molecule has 0 fully saturated rings. The number of nitrogens with zero attached hydrogens (tertiary/aromatic N) is 5. The Balaban J connectivity index is 1.85. The molecule has 0 radical (unpaired) electrons. The van der Waals surface area contributed by atoms with Crippen LogP contribution in [-0.2, 0) is 6.54 Å². The lowest BCUT2D eigenvalue weighted by Crippen LogP contribution is -2.13. The molecule has 0 atom stereocenters. The Morgan fingerprint density at radius 3 is 2.68 bits per heavy atom. The van der Waals surface area contributed by atoms with Crippen molar-refractivity contribution in [3.63, 3.8) is 0 Å². The van der Waals surface area contributed by atoms with Gasteiger partial charge in [-0.25, -0.2) is 14.3 Å². The van der Waals surface area contributed by atoms with E-state index in [0.29, 0.717) is 12.6 Å². The molecule has 22 heavy (non-hydrogen) atoms. The molecule has 0 saturated heterocycles. The highest BCUT2D eigenvalue weighted by atomic mass is 15.4. The van der Waals surface area contributed by atoms with Crippen molar-refractivity contribution in [2.75, 3.05) is 5.32 Å². The number of aromatic nitrogens is 5. The van der Waals surface area contributed by atoms with Crippen LogP contribution in [-0.4, -0.2) is 24.5 Å². The van der Waals surface area contributed by atoms with Crippen molar-refractivity contribution in [1.29, 1.82) is 0 Å². The number of benzene rings is 1. The van der Waals surface area contributed by atoms with Gasteiger partial charge in [0.25, 0.3) is 0 Å². The molecule has 6 heteroatoms. The van der Waals surface area contributed by atoms with E-state index in [4.69, 9.17) is 0 Å². The van der Waals surface area contributed by atoms with Gasteiger partial charge in [-0.05, 0) is 39.0 Å². The average Bonchev–Trinajstić information content (AvgIpc) is 3.14. The number of aryl methyl sites for hydroxylation is 1. The van der Waals surface area contributed by atoms with Crippen LogP contribution in [0.1, 0.15) is 31.4 Å². The first kappa shape index (κ1) is 14.3. The van der Waals surface area contributed by atoms with E-state index < -0.39 is 0 Å². The van der Waals surface area contributed by atoms with Crippen molar-refractivity contribution < 1.29 is 0 Å². The molecule has 0 aliphatic heterocycles. The summed E-state index contributed by atoms with van der Waals surface area (Å²) in [5.74, 6) is 0.919. The van der Waals surface area contributed by atoms with Crippen molar-refractivity contribution in [2.24, 2.45) is 0 Å². The van der Waals surface area contributed by atoms with Crippen LogP contribution >= 0.6 is 0 Å². The maximum Gasteiger partial charge on any atom is 0.146 e. The van der Waals surface area contributed by atoms with Gasteiger partial charge in [-0.3, -0.25) is 0 Å². The van der Waals surface area contributed by atoms with Gasteiger partial charge in [-0.1, -0.05) is 12.1 Å². The molecule has 0 unspecified atom stereocenters. The zero-order chi connectivity index (χ0) is 15.5. The van der Waals surface area contributed by atoms with E-state index in [-0.39, 0.29) is 0 Å². The van der Waals surface area contributed by atoms with Gasteiger partial charge in [0.05, 0.1) is 17.9 Å². The van der Waals surface area contributed by atoms with Crippen molar-refractivity contribution in [3.05, 3.63) is 54.4 Å². The third kappa shape index (κ3) is 2.72. The number of hydrogen-bond donors (Lipinski definition) is 1. The average molecular weight is 296 g/mol. The fourth-order valence-corrected chi connectivity index (χ4v) is 2.44. The molecule has 0 aliphatic carbocycles. The minimum atomic E-state index is 0.294. The van der Waals surface area contributed by atoms with Gasteiger partial charge in [-0.2, -0.15) is 10.2 Å². The van der Waals surface area contributed by atoms with Gasteiger partial charge < -0.3 is 5.32 Å². The van der Waals surface area contributed by atoms with Crippen molar-refractivity contribution >= 4 is 5.69 Å². The predicted molar refractivity (Wildman–Crippen MR) is 86.0 cm³/mol. The van der Waals surface area contributed by atoms with Gasteiger partial charge in [-0.15, -0.1) is 0 Å². The summed E-state index contributed by atoms with van der Waals surface area (Å²) in [5, 5.41) is 12.1. The number of rotatable bonds is 5. The topological polar surface area (TPSA) is 60.6 Å². The van der Waals surface area contributed by atoms with Gasteiger partial charge in [0.1, 0.15) is 12.2 Å². The Labute approximate surface area is 129 Å². The lowest BCUT2D eigenvalue weighted by Gasteiger charge is -2.14. The van der Waals surface area contributed by atoms with Gasteiger partial charge in [0.15, 0.2) is 0 Å². The molecule has 2 aromatic heterocycles. The third-order valence-electron chi connectivity index (χ3n) is 3.54. The number of para-hydroxylation sites is 2. The van der Waals surface area contributed by atoms with Crippen LogP contribution in [0.25, 0.3) is 5.69 Å². The molecule has 6 nitrogen and oxygen atoms in total. The first-order valence-corrected chi connectivity index (χ1v) is 7.39. The van der Waals surface area contributed by atoms with Crippen LogP contribution in [0.15, 0.2) is 42.9 Å². The minimum Gasteiger partial charge on any atom is -0.376 e. The summed E-state index contributed by atoms with van der Waals surface area (Å²) in [4.78, 5) is 4.33. The molecule has 2 heterocycles. The molecule has 114 valence electrons. The highest BCUT2D eigenvalue weighted by molar-refractivity contribution is 5.61. The molecule has 0 amide bonds. The van der Waals surface area contributed by atoms with Crippen LogP contribution in [0, 0.1) is 6.92 Å². The van der Waals surface area contributed by atoms with Crippen molar-refractivity contribution in [1.82, 2.24) is 24.5 Å². The highest BCUT2D eigenvalue weighted by Crippen LogP contribution is 2.21. The molecule has 0 bridgehead atoms. The van der Waals surface area contributed by atoms with E-state index in [2.05, 4.69) is 40.4 Å². The normalized spacial score (nSPS) is 11.1. The van der Waals surface area contributed by atoms with Crippen LogP contribution in [0.5, 0.6) is 0 Å². The summed E-state index contributed by atoms with van der Waals surface area (Å²) in [6.45, 7) is 6.85. The maximum atomic E-state index is 4.38. The lowest BCUT2D eigenvalue weighted by molar-refractivity contribution is 0.509. The van der Waals surface area contributed by atoms with E-state index in [1.807, 2.05) is 46.7 Å². The predicted octanol–water partition coefficient (Wildman–Crippen LogP) is 2.97. The first-order chi connectivity index (χ1) is 10.7. The van der Waals surface area contributed by atoms with Gasteiger partial charge in [0.2, 0.25) is 0 Å². The quantitative estimate of drug-likeness (QED) is 0.786. The van der Waals surface area contributed by atoms with E-state index in [0.717, 1.165) is 22.9 Å². The fourth-order valence-electron chi connectivity index (χ4n) is 2.44. The van der Waals surface area contributed by atoms with Crippen molar-refractivity contribution in [2.45, 2.75) is 33.4 Å². The molecule has 3 aromatic rings. The molecule has 0 saturated carbocycles. The minimum absolute atomic E-state index is 0.294. The summed E-state index contributed by atoms with van der Waals surface area (Å²) < 4.78 is 3.85. The van der Waals surface area contributed by atoms with Gasteiger partial charge in [0, 0.05) is 17.9 Å². The monoisotopic (exact) mass is 296 g/mol. The molecule has 1 aromatic carbocycles. The van der Waals surface area contributed by atoms with Crippen LogP contribution in [0.2, 0.25) is 0 Å². The largest absolute Gasteiger partial charge is 0.376 e. The zero-order valence-corrected chi connectivity index (χ0v) is 13.1. The van der Waals surface area contributed by atoms with Crippen LogP contribution in [0.4, 0.5) is 5.69 Å². The van der Waals surface area contributed by atoms with E-state index in [1.165, 1.54) is 0 Å². The summed E-state index contributed by atoms with van der Waals surface area (Å²) in [7, 11) is 0. The SMILES string of the molecule is Cc1ccnn1-c1ccccc1NCc1ncnn1C(C)C. The second kappa shape index (κ2) is 6.01. The molecular formula is C16H20N6. The number of anilines is 1. The Hall–Kier alpha value is -2.63. The Kier molecular flexibility index (Phi) is 3.91. The Bertz CT molecular complexity index is 755. The van der Waals surface area contributed by atoms with E-state index in [9.17, 15) is 0 Å². The highest BCUT2D eigenvalue weighted by Gasteiger charge is 2.10. The smallest absolute Gasteiger partial charge is 0.146 e. The van der Waals surface area contributed by atoms with Crippen molar-refractivity contribution in [3.8, 4) is 5.69 Å². The first-order valence-electron chi connectivity index (χ1n) is 7.39. The second-order valence-corrected chi connectivity index (χ2v) is 5.47.